The van der Waals surface area contributed by atoms with Gasteiger partial charge < -0.3 is 20.5 Å². The maximum Gasteiger partial charge on any atom is 0.342 e. The SMILES string of the molecule is COc1cc(N)c(Cl)cc1C(=O)OCC(=O)Nc1ccc(CC#N)cc1. The lowest BCUT2D eigenvalue weighted by Crippen LogP contribution is -2.21. The quantitative estimate of drug-likeness (QED) is 0.594. The highest BCUT2D eigenvalue weighted by atomic mass is 35.5. The standard InChI is InChI=1S/C18H16ClN3O4/c1-25-16-9-15(21)14(19)8-13(16)18(24)26-10-17(23)22-12-4-2-11(3-5-12)6-7-20/h2-5,8-9H,6,10,21H2,1H3,(H,22,23). The molecule has 8 heteroatoms. The summed E-state index contributed by atoms with van der Waals surface area (Å²) >= 11 is 5.90. The molecule has 0 spiro atoms. The van der Waals surface area contributed by atoms with E-state index in [-0.39, 0.29) is 28.4 Å². The number of hydrogen-bond acceptors (Lipinski definition) is 6. The fourth-order valence-electron chi connectivity index (χ4n) is 2.10. The van der Waals surface area contributed by atoms with Crippen molar-refractivity contribution < 1.29 is 19.1 Å². The third-order valence-electron chi connectivity index (χ3n) is 3.39. The summed E-state index contributed by atoms with van der Waals surface area (Å²) in [4.78, 5) is 24.1. The van der Waals surface area contributed by atoms with E-state index in [9.17, 15) is 9.59 Å². The number of ether oxygens (including phenoxy) is 2. The number of benzene rings is 2. The number of methoxy groups -OCH3 is 1. The van der Waals surface area contributed by atoms with Crippen LogP contribution in [0.25, 0.3) is 0 Å². The van der Waals surface area contributed by atoms with Gasteiger partial charge in [0.05, 0.1) is 30.3 Å². The Balaban J connectivity index is 1.96. The molecule has 2 aromatic rings. The number of amides is 1. The Bertz CT molecular complexity index is 860. The second-order valence-electron chi connectivity index (χ2n) is 5.23. The number of halogens is 1. The highest BCUT2D eigenvalue weighted by molar-refractivity contribution is 6.33. The predicted molar refractivity (Wildman–Crippen MR) is 97.1 cm³/mol. The van der Waals surface area contributed by atoms with Crippen molar-refractivity contribution >= 4 is 34.9 Å². The van der Waals surface area contributed by atoms with Crippen LogP contribution in [-0.2, 0) is 16.0 Å². The van der Waals surface area contributed by atoms with Crippen LogP contribution in [-0.4, -0.2) is 25.6 Å². The van der Waals surface area contributed by atoms with E-state index in [4.69, 9.17) is 32.1 Å². The van der Waals surface area contributed by atoms with Crippen LogP contribution in [0.2, 0.25) is 5.02 Å². The molecule has 2 rings (SSSR count). The number of esters is 1. The van der Waals surface area contributed by atoms with Crippen molar-refractivity contribution in [2.24, 2.45) is 0 Å². The first-order valence-corrected chi connectivity index (χ1v) is 7.88. The van der Waals surface area contributed by atoms with Gasteiger partial charge in [0, 0.05) is 11.8 Å². The van der Waals surface area contributed by atoms with Crippen molar-refractivity contribution in [2.45, 2.75) is 6.42 Å². The molecule has 1 amide bonds. The molecule has 0 radical (unpaired) electrons. The van der Waals surface area contributed by atoms with Gasteiger partial charge in [0.1, 0.15) is 11.3 Å². The highest BCUT2D eigenvalue weighted by Crippen LogP contribution is 2.29. The van der Waals surface area contributed by atoms with Crippen LogP contribution in [0.5, 0.6) is 5.75 Å². The second kappa shape index (κ2) is 8.74. The molecule has 134 valence electrons. The Labute approximate surface area is 155 Å². The van der Waals surface area contributed by atoms with Gasteiger partial charge >= 0.3 is 5.97 Å². The van der Waals surface area contributed by atoms with Gasteiger partial charge in [-0.1, -0.05) is 23.7 Å². The minimum atomic E-state index is -0.761. The van der Waals surface area contributed by atoms with E-state index < -0.39 is 18.5 Å². The largest absolute Gasteiger partial charge is 0.496 e. The normalized spacial score (nSPS) is 9.88. The topological polar surface area (TPSA) is 114 Å². The van der Waals surface area contributed by atoms with Crippen molar-refractivity contribution in [3.05, 3.63) is 52.5 Å². The number of nitrogens with zero attached hydrogens (tertiary/aromatic N) is 1. The first kappa shape index (κ1) is 19.1. The van der Waals surface area contributed by atoms with Gasteiger partial charge in [-0.2, -0.15) is 5.26 Å². The zero-order valence-corrected chi connectivity index (χ0v) is 14.7. The van der Waals surface area contributed by atoms with Crippen molar-refractivity contribution in [2.75, 3.05) is 24.8 Å². The number of hydrogen-bond donors (Lipinski definition) is 2. The molecule has 0 aliphatic carbocycles. The summed E-state index contributed by atoms with van der Waals surface area (Å²) in [5.41, 5.74) is 7.35. The van der Waals surface area contributed by atoms with Gasteiger partial charge in [-0.3, -0.25) is 4.79 Å². The van der Waals surface area contributed by atoms with Crippen LogP contribution in [0.3, 0.4) is 0 Å². The monoisotopic (exact) mass is 373 g/mol. The van der Waals surface area contributed by atoms with Crippen molar-refractivity contribution in [1.82, 2.24) is 0 Å². The summed E-state index contributed by atoms with van der Waals surface area (Å²) in [7, 11) is 1.38. The number of anilines is 2. The molecule has 0 saturated heterocycles. The molecule has 2 aromatic carbocycles. The van der Waals surface area contributed by atoms with Crippen LogP contribution in [0.1, 0.15) is 15.9 Å². The summed E-state index contributed by atoms with van der Waals surface area (Å²) in [5, 5.41) is 11.4. The molecule has 0 aromatic heterocycles. The van der Waals surface area contributed by atoms with Crippen LogP contribution in [0.15, 0.2) is 36.4 Å². The van der Waals surface area contributed by atoms with Gasteiger partial charge in [-0.15, -0.1) is 0 Å². The third-order valence-corrected chi connectivity index (χ3v) is 3.72. The number of carbonyl (C=O) groups excluding carboxylic acids is 2. The molecule has 0 fully saturated rings. The van der Waals surface area contributed by atoms with Crippen molar-refractivity contribution in [3.63, 3.8) is 0 Å². The molecule has 3 N–H and O–H groups in total. The lowest BCUT2D eigenvalue weighted by molar-refractivity contribution is -0.119. The number of nitrogen functional groups attached to an aromatic ring is 1. The smallest absolute Gasteiger partial charge is 0.342 e. The summed E-state index contributed by atoms with van der Waals surface area (Å²) in [6.07, 6.45) is 0.290. The first-order valence-electron chi connectivity index (χ1n) is 7.50. The van der Waals surface area contributed by atoms with Crippen LogP contribution in [0.4, 0.5) is 11.4 Å². The maximum atomic E-state index is 12.1. The number of nitriles is 1. The van der Waals surface area contributed by atoms with E-state index in [0.29, 0.717) is 5.69 Å². The fraction of sp³-hybridized carbons (Fsp3) is 0.167. The van der Waals surface area contributed by atoms with E-state index in [0.717, 1.165) is 5.56 Å². The Morgan fingerprint density at radius 3 is 2.58 bits per heavy atom. The summed E-state index contributed by atoms with van der Waals surface area (Å²) in [5.74, 6) is -1.07. The van der Waals surface area contributed by atoms with Crippen LogP contribution < -0.4 is 15.8 Å². The molecule has 0 aliphatic rings. The molecule has 0 unspecified atom stereocenters. The molecule has 26 heavy (non-hydrogen) atoms. The third kappa shape index (κ3) is 4.88. The van der Waals surface area contributed by atoms with Gasteiger partial charge in [0.15, 0.2) is 6.61 Å². The average Bonchev–Trinajstić information content (AvgIpc) is 2.63. The number of nitrogens with one attached hydrogen (secondary N) is 1. The lowest BCUT2D eigenvalue weighted by Gasteiger charge is -2.11. The molecule has 0 aliphatic heterocycles. The van der Waals surface area contributed by atoms with E-state index in [1.165, 1.54) is 19.2 Å². The molecule has 7 nitrogen and oxygen atoms in total. The Hall–Kier alpha value is -3.24. The minimum Gasteiger partial charge on any atom is -0.496 e. The van der Waals surface area contributed by atoms with Gasteiger partial charge in [0.25, 0.3) is 5.91 Å². The number of nitrogens with two attached hydrogens (primary N) is 1. The van der Waals surface area contributed by atoms with E-state index in [1.54, 1.807) is 24.3 Å². The molecule has 0 saturated carbocycles. The Morgan fingerprint density at radius 1 is 1.27 bits per heavy atom. The Kier molecular flexibility index (Phi) is 6.42. The summed E-state index contributed by atoms with van der Waals surface area (Å²) < 4.78 is 10.1. The van der Waals surface area contributed by atoms with E-state index >= 15 is 0 Å². The van der Waals surface area contributed by atoms with Gasteiger partial charge in [-0.05, 0) is 23.8 Å². The first-order chi connectivity index (χ1) is 12.4. The minimum absolute atomic E-state index is 0.0698. The van der Waals surface area contributed by atoms with E-state index in [1.807, 2.05) is 6.07 Å². The zero-order valence-electron chi connectivity index (χ0n) is 13.9. The molecule has 0 atom stereocenters. The van der Waals surface area contributed by atoms with Crippen molar-refractivity contribution in [3.8, 4) is 11.8 Å². The molecular formula is C18H16ClN3O4. The molecule has 0 heterocycles. The molecular weight excluding hydrogens is 358 g/mol. The average molecular weight is 374 g/mol. The number of rotatable bonds is 6. The lowest BCUT2D eigenvalue weighted by atomic mass is 10.1. The summed E-state index contributed by atoms with van der Waals surface area (Å²) in [6.45, 7) is -0.482. The Morgan fingerprint density at radius 2 is 1.96 bits per heavy atom. The molecule has 0 bridgehead atoms. The van der Waals surface area contributed by atoms with Gasteiger partial charge in [-0.25, -0.2) is 4.79 Å². The maximum absolute atomic E-state index is 12.1. The highest BCUT2D eigenvalue weighted by Gasteiger charge is 2.17. The van der Waals surface area contributed by atoms with E-state index in [2.05, 4.69) is 5.32 Å². The fourth-order valence-corrected chi connectivity index (χ4v) is 2.26. The number of carbonyl (C=O) groups is 2. The van der Waals surface area contributed by atoms with Crippen LogP contribution >= 0.6 is 11.6 Å². The predicted octanol–water partition coefficient (Wildman–Crippen LogP) is 2.79. The van der Waals surface area contributed by atoms with Crippen LogP contribution in [0, 0.1) is 11.3 Å². The zero-order chi connectivity index (χ0) is 19.1. The van der Waals surface area contributed by atoms with Gasteiger partial charge in [0.2, 0.25) is 0 Å². The second-order valence-corrected chi connectivity index (χ2v) is 5.64. The van der Waals surface area contributed by atoms with Crippen molar-refractivity contribution in [1.29, 1.82) is 5.26 Å². The summed E-state index contributed by atoms with van der Waals surface area (Å²) in [6, 6.07) is 11.5.